The van der Waals surface area contributed by atoms with Crippen LogP contribution in [0.3, 0.4) is 0 Å². The number of thioether (sulfide) groups is 2. The van der Waals surface area contributed by atoms with Crippen molar-refractivity contribution in [2.45, 2.75) is 285 Å². The van der Waals surface area contributed by atoms with E-state index in [1.807, 2.05) is 58.3 Å². The lowest BCUT2D eigenvalue weighted by Crippen LogP contribution is -2.30. The van der Waals surface area contributed by atoms with E-state index in [4.69, 9.17) is 44.8 Å². The second kappa shape index (κ2) is 40.6. The van der Waals surface area contributed by atoms with Gasteiger partial charge in [-0.2, -0.15) is 30.0 Å². The van der Waals surface area contributed by atoms with Crippen molar-refractivity contribution in [1.29, 1.82) is 0 Å². The summed E-state index contributed by atoms with van der Waals surface area (Å²) in [5, 5.41) is 21.9. The molecule has 0 saturated carbocycles. The van der Waals surface area contributed by atoms with E-state index in [1.54, 1.807) is 9.80 Å². The van der Waals surface area contributed by atoms with Crippen molar-refractivity contribution in [3.05, 3.63) is 233 Å². The molecule has 10 nitrogen and oxygen atoms in total. The molecule has 0 bridgehead atoms. The van der Waals surface area contributed by atoms with E-state index in [2.05, 4.69) is 187 Å². The van der Waals surface area contributed by atoms with Gasteiger partial charge in [-0.15, -0.1) is 22.7 Å². The SMILES string of the molecule is CCCCCCCCn1nc2c(/C=C3\SC(=S)N(CC)C3=O)ccc(-c3cc4c(s3)-c3cc5c(cc3C4(c3ccc(CCCCCC)cc3)c3ccc(CCCCCC)cc3)-c3sc(-c4ccc(/C=C6\SC(=S)N(CC)C6=O)c6nn(CCCCCCCC)nc46)cc3C5(c3ccc(CCCCCC)cc3)c3ccc(CCCCCC)cc3)c2n1. The van der Waals surface area contributed by atoms with E-state index in [9.17, 15) is 9.59 Å². The van der Waals surface area contributed by atoms with Crippen LogP contribution < -0.4 is 0 Å². The van der Waals surface area contributed by atoms with E-state index < -0.39 is 10.8 Å². The maximum atomic E-state index is 14.1. The first-order chi connectivity index (χ1) is 58.8. The lowest BCUT2D eigenvalue weighted by molar-refractivity contribution is -0.122. The number of aromatic nitrogens is 6. The number of likely N-dealkylation sites (N-methyl/N-ethyl adjacent to an activating group) is 2. The number of thiophene rings is 2. The fourth-order valence-corrected chi connectivity index (χ4v) is 24.3. The summed E-state index contributed by atoms with van der Waals surface area (Å²) in [6.07, 6.45) is 41.4. The molecule has 16 heteroatoms. The molecule has 120 heavy (non-hydrogen) atoms. The van der Waals surface area contributed by atoms with Gasteiger partial charge in [-0.1, -0.05) is 352 Å². The quantitative estimate of drug-likeness (QED) is 0.0208. The number of amides is 2. The molecular weight excluding hydrogens is 1590 g/mol. The van der Waals surface area contributed by atoms with Crippen LogP contribution in [0.4, 0.5) is 0 Å². The Kier molecular flexibility index (Phi) is 29.4. The van der Waals surface area contributed by atoms with Crippen LogP contribution in [0.15, 0.2) is 155 Å². The van der Waals surface area contributed by atoms with Crippen LogP contribution in [-0.4, -0.2) is 73.3 Å². The van der Waals surface area contributed by atoms with Crippen LogP contribution in [0.5, 0.6) is 0 Å². The van der Waals surface area contributed by atoms with Gasteiger partial charge in [0.05, 0.1) is 33.7 Å². The molecule has 0 spiro atoms. The predicted molar refractivity (Wildman–Crippen MR) is 519 cm³/mol. The summed E-state index contributed by atoms with van der Waals surface area (Å²) in [5.74, 6) is -0.126. The van der Waals surface area contributed by atoms with E-state index in [-0.39, 0.29) is 11.8 Å². The van der Waals surface area contributed by atoms with Gasteiger partial charge in [0.1, 0.15) is 30.7 Å². The zero-order chi connectivity index (χ0) is 83.3. The van der Waals surface area contributed by atoms with Gasteiger partial charge in [0.15, 0.2) is 0 Å². The molecule has 0 atom stereocenters. The molecule has 2 aliphatic heterocycles. The molecule has 6 heterocycles. The molecule has 2 saturated heterocycles. The maximum absolute atomic E-state index is 14.1. The third-order valence-electron chi connectivity index (χ3n) is 25.7. The number of hydrogen-bond donors (Lipinski definition) is 0. The molecule has 4 aromatic heterocycles. The Balaban J connectivity index is 0.993. The minimum atomic E-state index is -0.787. The van der Waals surface area contributed by atoms with Gasteiger partial charge in [-0.3, -0.25) is 19.4 Å². The summed E-state index contributed by atoms with van der Waals surface area (Å²) in [5.41, 5.74) is 23.6. The molecule has 2 amide bonds. The van der Waals surface area contributed by atoms with Crippen molar-refractivity contribution < 1.29 is 9.59 Å². The highest BCUT2D eigenvalue weighted by Gasteiger charge is 2.53. The van der Waals surface area contributed by atoms with Crippen LogP contribution in [0.1, 0.15) is 313 Å². The normalized spacial score (nSPS) is 15.3. The highest BCUT2D eigenvalue weighted by Crippen LogP contribution is 2.66. The third-order valence-corrected chi connectivity index (χ3v) is 30.8. The molecule has 0 N–H and O–H groups in total. The molecule has 0 unspecified atom stereocenters. The number of carbonyl (C=O) groups is 2. The number of nitrogens with zero attached hydrogens (tertiary/aromatic N) is 8. The minimum absolute atomic E-state index is 0.0628. The van der Waals surface area contributed by atoms with Crippen molar-refractivity contribution in [2.24, 2.45) is 0 Å². The Labute approximate surface area is 741 Å². The Bertz CT molecular complexity index is 5050. The van der Waals surface area contributed by atoms with E-state index >= 15 is 0 Å². The second-order valence-corrected chi connectivity index (χ2v) is 39.4. The first-order valence-electron chi connectivity index (χ1n) is 45.9. The summed E-state index contributed by atoms with van der Waals surface area (Å²) >= 11 is 18.2. The average Bonchev–Trinajstić information content (AvgIpc) is 1.50. The van der Waals surface area contributed by atoms with E-state index in [0.717, 1.165) is 131 Å². The molecule has 7 aromatic carbocycles. The number of aryl methyl sites for hydroxylation is 6. The molecule has 2 aliphatic carbocycles. The van der Waals surface area contributed by atoms with Gasteiger partial charge in [-0.05, 0) is 192 Å². The Morgan fingerprint density at radius 2 is 0.617 bits per heavy atom. The number of thiocarbonyl (C=S) groups is 2. The van der Waals surface area contributed by atoms with Crippen LogP contribution in [0, 0.1) is 0 Å². The van der Waals surface area contributed by atoms with Gasteiger partial charge in [0.2, 0.25) is 0 Å². The summed E-state index contributed by atoms with van der Waals surface area (Å²) in [6, 6.07) is 58.9. The first kappa shape index (κ1) is 87.0. The molecule has 2 fully saturated rings. The lowest BCUT2D eigenvalue weighted by Gasteiger charge is -2.36. The Morgan fingerprint density at radius 3 is 0.917 bits per heavy atom. The van der Waals surface area contributed by atoms with Crippen LogP contribution >= 0.6 is 70.6 Å². The Hall–Kier alpha value is -7.96. The average molecular weight is 1710 g/mol. The van der Waals surface area contributed by atoms with Gasteiger partial charge >= 0.3 is 0 Å². The minimum Gasteiger partial charge on any atom is -0.293 e. The zero-order valence-electron chi connectivity index (χ0n) is 72.3. The molecular formula is C104H122N8O2S6. The molecule has 4 aliphatic rings. The van der Waals surface area contributed by atoms with Crippen molar-refractivity contribution >= 4 is 125 Å². The first-order valence-corrected chi connectivity index (χ1v) is 50.0. The van der Waals surface area contributed by atoms with Gasteiger partial charge in [-0.25, -0.2) is 0 Å². The summed E-state index contributed by atoms with van der Waals surface area (Å²) in [4.78, 5) is 41.4. The monoisotopic (exact) mass is 1710 g/mol. The largest absolute Gasteiger partial charge is 0.293 e. The van der Waals surface area contributed by atoms with Crippen molar-refractivity contribution in [3.8, 4) is 41.8 Å². The molecule has 0 radical (unpaired) electrons. The van der Waals surface area contributed by atoms with Crippen molar-refractivity contribution in [2.75, 3.05) is 13.1 Å². The molecule has 15 rings (SSSR count). The van der Waals surface area contributed by atoms with E-state index in [0.29, 0.717) is 44.6 Å². The fourth-order valence-electron chi connectivity index (χ4n) is 19.0. The van der Waals surface area contributed by atoms with E-state index in [1.165, 1.54) is 240 Å². The maximum Gasteiger partial charge on any atom is 0.266 e. The predicted octanol–water partition coefficient (Wildman–Crippen LogP) is 29.0. The molecule has 626 valence electrons. The number of hydrogen-bond acceptors (Lipinski definition) is 12. The van der Waals surface area contributed by atoms with Gasteiger partial charge in [0.25, 0.3) is 11.8 Å². The van der Waals surface area contributed by atoms with Gasteiger partial charge in [0, 0.05) is 54.9 Å². The number of unbranched alkanes of at least 4 members (excludes halogenated alkanes) is 22. The van der Waals surface area contributed by atoms with Crippen LogP contribution in [0.2, 0.25) is 0 Å². The molecule has 11 aromatic rings. The van der Waals surface area contributed by atoms with Crippen molar-refractivity contribution in [1.82, 2.24) is 39.8 Å². The zero-order valence-corrected chi connectivity index (χ0v) is 77.2. The number of benzene rings is 7. The summed E-state index contributed by atoms with van der Waals surface area (Å²) in [6.45, 7) is 20.2. The lowest BCUT2D eigenvalue weighted by atomic mass is 9.65. The highest BCUT2D eigenvalue weighted by molar-refractivity contribution is 8.27. The second-order valence-electron chi connectivity index (χ2n) is 34.0. The van der Waals surface area contributed by atoms with Crippen LogP contribution in [0.25, 0.3) is 76.0 Å². The smallest absolute Gasteiger partial charge is 0.266 e. The van der Waals surface area contributed by atoms with Gasteiger partial charge < -0.3 is 0 Å². The highest BCUT2D eigenvalue weighted by atomic mass is 32.2. The Morgan fingerprint density at radius 1 is 0.325 bits per heavy atom. The standard InChI is InChI=1S/C104H122N8O2S6/c1-9-17-23-29-31-37-63-111-105-93-75(65-91-99(113)109(15-7)101(115)119-91)51-61-81(95(93)107-111)89-69-87-97(117-89)83-67-86-84(68-85(83)103(87,77-53-43-71(44-54-77)39-33-25-19-11-3)78-55-45-72(46-56-78)40-34-26-20-12-4)98-88(104(86,79-57-47-73(48-58-79)41-35-27-21-13-5)80-59-49-74(50-60-80)42-36-28-22-14-6)70-90(118-98)82-62-52-76(66-92-100(114)110(16-8)102(116)120-92)94-96(82)108-112(106-94)64-38-32-30-24-18-10-2/h43-62,65-70H,9-42,63-64H2,1-8H3/b91-65-,92-66-. The topological polar surface area (TPSA) is 102 Å². The number of fused-ring (bicyclic) bond motifs is 8. The third kappa shape index (κ3) is 17.9. The number of rotatable bonds is 44. The fraction of sp³-hybridized carbons (Fsp3) is 0.442. The number of carbonyl (C=O) groups excluding carboxylic acids is 2. The van der Waals surface area contributed by atoms with Crippen LogP contribution in [-0.2, 0) is 59.2 Å². The van der Waals surface area contributed by atoms with Crippen molar-refractivity contribution in [3.63, 3.8) is 0 Å². The summed E-state index contributed by atoms with van der Waals surface area (Å²) < 4.78 is 1.17. The summed E-state index contributed by atoms with van der Waals surface area (Å²) in [7, 11) is 0.